The summed E-state index contributed by atoms with van der Waals surface area (Å²) in [7, 11) is 0. The van der Waals surface area contributed by atoms with Crippen molar-refractivity contribution < 1.29 is 14.7 Å². The zero-order valence-electron chi connectivity index (χ0n) is 9.63. The van der Waals surface area contributed by atoms with Crippen molar-refractivity contribution in [1.82, 2.24) is 10.6 Å². The minimum absolute atomic E-state index is 0.200. The molecule has 0 aliphatic heterocycles. The number of aliphatic carboxylic acids is 1. The van der Waals surface area contributed by atoms with E-state index < -0.39 is 11.9 Å². The molecule has 0 saturated carbocycles. The molecule has 18 heavy (non-hydrogen) atoms. The van der Waals surface area contributed by atoms with Gasteiger partial charge in [0.25, 0.3) is 0 Å². The molecule has 6 heteroatoms. The Labute approximate surface area is 109 Å². The summed E-state index contributed by atoms with van der Waals surface area (Å²) in [4.78, 5) is 23.4. The highest BCUT2D eigenvalue weighted by Gasteiger charge is 2.25. The van der Waals surface area contributed by atoms with E-state index >= 15 is 0 Å². The molecule has 96 valence electrons. The van der Waals surface area contributed by atoms with Crippen molar-refractivity contribution in [2.75, 3.05) is 0 Å². The number of carbonyl (C=O) groups is 2. The summed E-state index contributed by atoms with van der Waals surface area (Å²) < 4.78 is 0. The van der Waals surface area contributed by atoms with Crippen LogP contribution >= 0.6 is 11.3 Å². The molecule has 2 atom stereocenters. The number of carbonyl (C=O) groups excluding carboxylic acids is 1. The second-order valence-electron chi connectivity index (χ2n) is 4.08. The van der Waals surface area contributed by atoms with E-state index in [1.54, 1.807) is 23.5 Å². The second-order valence-corrected chi connectivity index (χ2v) is 5.11. The van der Waals surface area contributed by atoms with Crippen molar-refractivity contribution in [3.63, 3.8) is 0 Å². The summed E-state index contributed by atoms with van der Waals surface area (Å²) in [6.45, 7) is 0.488. The minimum Gasteiger partial charge on any atom is -0.481 e. The number of carboxylic acid groups (broad SMARTS) is 1. The van der Waals surface area contributed by atoms with Gasteiger partial charge in [-0.3, -0.25) is 4.79 Å². The number of thiophene rings is 1. The molecule has 1 aromatic heterocycles. The third kappa shape index (κ3) is 3.33. The Bertz CT molecular complexity index is 456. The van der Waals surface area contributed by atoms with Crippen LogP contribution in [0.4, 0.5) is 4.79 Å². The maximum absolute atomic E-state index is 11.6. The molecular weight excluding hydrogens is 252 g/mol. The summed E-state index contributed by atoms with van der Waals surface area (Å²) >= 11 is 1.58. The summed E-state index contributed by atoms with van der Waals surface area (Å²) in [5.41, 5.74) is 0. The Morgan fingerprint density at radius 1 is 1.44 bits per heavy atom. The van der Waals surface area contributed by atoms with Crippen molar-refractivity contribution in [2.45, 2.75) is 19.0 Å². The lowest BCUT2D eigenvalue weighted by molar-refractivity contribution is -0.140. The third-order valence-electron chi connectivity index (χ3n) is 2.72. The van der Waals surface area contributed by atoms with Crippen molar-refractivity contribution in [3.05, 3.63) is 34.5 Å². The first-order chi connectivity index (χ1) is 8.65. The fraction of sp³-hybridized carbons (Fsp3) is 0.333. The average molecular weight is 266 g/mol. The lowest BCUT2D eigenvalue weighted by Gasteiger charge is -2.12. The van der Waals surface area contributed by atoms with E-state index in [0.29, 0.717) is 13.0 Å². The first kappa shape index (κ1) is 12.6. The third-order valence-corrected chi connectivity index (χ3v) is 3.60. The molecule has 1 heterocycles. The number of rotatable bonds is 4. The lowest BCUT2D eigenvalue weighted by atomic mass is 10.1. The van der Waals surface area contributed by atoms with Gasteiger partial charge in [-0.2, -0.15) is 0 Å². The van der Waals surface area contributed by atoms with Gasteiger partial charge in [0.05, 0.1) is 18.5 Å². The van der Waals surface area contributed by atoms with Crippen molar-refractivity contribution >= 4 is 23.3 Å². The number of hydrogen-bond donors (Lipinski definition) is 3. The van der Waals surface area contributed by atoms with E-state index in [4.69, 9.17) is 5.11 Å². The molecule has 0 radical (unpaired) electrons. The predicted molar refractivity (Wildman–Crippen MR) is 68.4 cm³/mol. The molecule has 1 aromatic rings. The van der Waals surface area contributed by atoms with Gasteiger partial charge >= 0.3 is 12.0 Å². The van der Waals surface area contributed by atoms with E-state index in [0.717, 1.165) is 4.88 Å². The average Bonchev–Trinajstić information content (AvgIpc) is 2.96. The van der Waals surface area contributed by atoms with E-state index in [2.05, 4.69) is 10.6 Å². The van der Waals surface area contributed by atoms with E-state index in [9.17, 15) is 9.59 Å². The van der Waals surface area contributed by atoms with Crippen LogP contribution in [0.2, 0.25) is 0 Å². The Morgan fingerprint density at radius 2 is 2.28 bits per heavy atom. The Kier molecular flexibility index (Phi) is 3.99. The van der Waals surface area contributed by atoms with Crippen LogP contribution in [0.25, 0.3) is 0 Å². The van der Waals surface area contributed by atoms with E-state index in [-0.39, 0.29) is 12.1 Å². The van der Waals surface area contributed by atoms with Gasteiger partial charge < -0.3 is 15.7 Å². The quantitative estimate of drug-likeness (QED) is 0.724. The predicted octanol–water partition coefficient (Wildman–Crippen LogP) is 1.58. The highest BCUT2D eigenvalue weighted by molar-refractivity contribution is 7.09. The SMILES string of the molecule is O=C(NCc1cccs1)NC1C=CC(C(=O)O)C1. The first-order valence-electron chi connectivity index (χ1n) is 5.63. The van der Waals surface area contributed by atoms with Gasteiger partial charge in [-0.1, -0.05) is 18.2 Å². The molecule has 5 nitrogen and oxygen atoms in total. The number of hydrogen-bond acceptors (Lipinski definition) is 3. The van der Waals surface area contributed by atoms with Crippen LogP contribution in [-0.2, 0) is 11.3 Å². The normalized spacial score (nSPS) is 21.8. The topological polar surface area (TPSA) is 78.4 Å². The number of nitrogens with one attached hydrogen (secondary N) is 2. The maximum Gasteiger partial charge on any atom is 0.315 e. The van der Waals surface area contributed by atoms with Gasteiger partial charge in [0.15, 0.2) is 0 Å². The molecule has 1 aliphatic rings. The summed E-state index contributed by atoms with van der Waals surface area (Å²) in [6.07, 6.45) is 3.76. The standard InChI is InChI=1S/C12H14N2O3S/c15-11(16)8-3-4-9(6-8)14-12(17)13-7-10-2-1-5-18-10/h1-5,8-9H,6-7H2,(H,15,16)(H2,13,14,17). The van der Waals surface area contributed by atoms with Gasteiger partial charge in [0, 0.05) is 4.88 Å². The van der Waals surface area contributed by atoms with Crippen LogP contribution in [0.1, 0.15) is 11.3 Å². The number of carboxylic acids is 1. The molecular formula is C12H14N2O3S. The van der Waals surface area contributed by atoms with Crippen molar-refractivity contribution in [2.24, 2.45) is 5.92 Å². The molecule has 3 N–H and O–H groups in total. The number of amides is 2. The summed E-state index contributed by atoms with van der Waals surface area (Å²) in [5.74, 6) is -1.35. The van der Waals surface area contributed by atoms with Gasteiger partial charge in [-0.15, -0.1) is 11.3 Å². The lowest BCUT2D eigenvalue weighted by Crippen LogP contribution is -2.40. The maximum atomic E-state index is 11.6. The summed E-state index contributed by atoms with van der Waals surface area (Å²) in [5, 5.41) is 16.2. The molecule has 2 unspecified atom stereocenters. The van der Waals surface area contributed by atoms with Gasteiger partial charge in [-0.25, -0.2) is 4.79 Å². The van der Waals surface area contributed by atoms with Crippen molar-refractivity contribution in [3.8, 4) is 0 Å². The molecule has 2 rings (SSSR count). The molecule has 2 amide bonds. The van der Waals surface area contributed by atoms with Gasteiger partial charge in [0.2, 0.25) is 0 Å². The zero-order valence-corrected chi connectivity index (χ0v) is 10.4. The van der Waals surface area contributed by atoms with Crippen LogP contribution < -0.4 is 10.6 Å². The monoisotopic (exact) mass is 266 g/mol. The fourth-order valence-electron chi connectivity index (χ4n) is 1.79. The van der Waals surface area contributed by atoms with Crippen LogP contribution in [0.15, 0.2) is 29.7 Å². The number of urea groups is 1. The summed E-state index contributed by atoms with van der Waals surface area (Å²) in [6, 6.07) is 3.40. The Hall–Kier alpha value is -1.82. The molecule has 0 fully saturated rings. The van der Waals surface area contributed by atoms with E-state index in [1.165, 1.54) is 0 Å². The largest absolute Gasteiger partial charge is 0.481 e. The molecule has 1 aliphatic carbocycles. The minimum atomic E-state index is -0.852. The van der Waals surface area contributed by atoms with Gasteiger partial charge in [0.1, 0.15) is 0 Å². The highest BCUT2D eigenvalue weighted by Crippen LogP contribution is 2.17. The smallest absolute Gasteiger partial charge is 0.315 e. The fourth-order valence-corrected chi connectivity index (χ4v) is 2.43. The van der Waals surface area contributed by atoms with E-state index in [1.807, 2.05) is 17.5 Å². The van der Waals surface area contributed by atoms with Crippen LogP contribution in [0.3, 0.4) is 0 Å². The van der Waals surface area contributed by atoms with Gasteiger partial charge in [-0.05, 0) is 17.9 Å². The molecule has 0 spiro atoms. The van der Waals surface area contributed by atoms with Crippen LogP contribution in [0.5, 0.6) is 0 Å². The van der Waals surface area contributed by atoms with Crippen LogP contribution in [-0.4, -0.2) is 23.1 Å². The molecule has 0 aromatic carbocycles. The second kappa shape index (κ2) is 5.68. The first-order valence-corrected chi connectivity index (χ1v) is 6.51. The Morgan fingerprint density at radius 3 is 2.89 bits per heavy atom. The van der Waals surface area contributed by atoms with Crippen LogP contribution in [0, 0.1) is 5.92 Å². The zero-order chi connectivity index (χ0) is 13.0. The Balaban J connectivity index is 1.72. The molecule has 0 bridgehead atoms. The molecule has 0 saturated heterocycles. The van der Waals surface area contributed by atoms with Crippen molar-refractivity contribution in [1.29, 1.82) is 0 Å². The highest BCUT2D eigenvalue weighted by atomic mass is 32.1.